The van der Waals surface area contributed by atoms with Crippen LogP contribution >= 0.6 is 0 Å². The number of nitrogens with zero attached hydrogens (tertiary/aromatic N) is 7. The normalized spacial score (nSPS) is 19.7. The highest BCUT2D eigenvalue weighted by Gasteiger charge is 2.34. The Morgan fingerprint density at radius 3 is 2.67 bits per heavy atom. The van der Waals surface area contributed by atoms with E-state index in [2.05, 4.69) is 36.2 Å². The molecule has 8 rings (SSSR count). The van der Waals surface area contributed by atoms with E-state index in [-0.39, 0.29) is 24.1 Å². The lowest BCUT2D eigenvalue weighted by Crippen LogP contribution is -2.60. The summed E-state index contributed by atoms with van der Waals surface area (Å²) in [6, 6.07) is 10.2. The Morgan fingerprint density at radius 1 is 1.04 bits per heavy atom. The van der Waals surface area contributed by atoms with Gasteiger partial charge in [0.25, 0.3) is 11.5 Å². The Hall–Kier alpha value is -4.78. The van der Waals surface area contributed by atoms with Gasteiger partial charge in [-0.1, -0.05) is 6.08 Å². The molecule has 0 aliphatic carbocycles. The summed E-state index contributed by atoms with van der Waals surface area (Å²) in [5.74, 6) is 0.899. The van der Waals surface area contributed by atoms with Gasteiger partial charge in [-0.25, -0.2) is 9.97 Å². The van der Waals surface area contributed by atoms with Crippen molar-refractivity contribution in [3.8, 4) is 11.1 Å². The summed E-state index contributed by atoms with van der Waals surface area (Å²) in [4.78, 5) is 42.9. The third-order valence-electron chi connectivity index (χ3n) is 10.5. The lowest BCUT2D eigenvalue weighted by molar-refractivity contribution is -0.0682. The summed E-state index contributed by atoms with van der Waals surface area (Å²) in [5, 5.41) is 13.9. The number of carbonyl (C=O) groups excluding carboxylic acids is 1. The first-order valence-electron chi connectivity index (χ1n) is 17.2. The SMILES string of the molecule is C=C[C@H]1CN(C2COC2)CCN1c1ccc(Nc2cc(-c3ccnc(N4CCc5c(cc6n5CCCC6)C4=O)c3CO)cn(C)c2=O)nc1. The summed E-state index contributed by atoms with van der Waals surface area (Å²) in [7, 11) is 1.70. The molecule has 0 unspecified atom stereocenters. The first kappa shape index (κ1) is 31.5. The number of fused-ring (bicyclic) bond motifs is 3. The average molecular weight is 663 g/mol. The number of aliphatic hydroxyl groups is 1. The summed E-state index contributed by atoms with van der Waals surface area (Å²) in [5.41, 5.74) is 6.15. The number of aryl methyl sites for hydroxylation is 2. The molecule has 12 nitrogen and oxygen atoms in total. The van der Waals surface area contributed by atoms with E-state index in [9.17, 15) is 14.7 Å². The second kappa shape index (κ2) is 12.9. The summed E-state index contributed by atoms with van der Waals surface area (Å²) < 4.78 is 9.23. The van der Waals surface area contributed by atoms with Gasteiger partial charge in [-0.15, -0.1) is 6.58 Å². The number of amides is 1. The molecular formula is C37H42N8O4. The number of anilines is 4. The number of aromatic nitrogens is 4. The molecule has 0 aromatic carbocycles. The first-order valence-corrected chi connectivity index (χ1v) is 17.2. The predicted octanol–water partition coefficient (Wildman–Crippen LogP) is 3.49. The molecule has 0 spiro atoms. The molecule has 8 heterocycles. The molecule has 2 fully saturated rings. The lowest BCUT2D eigenvalue weighted by atomic mass is 10.0. The fourth-order valence-corrected chi connectivity index (χ4v) is 7.81. The molecule has 2 N–H and O–H groups in total. The van der Waals surface area contributed by atoms with Crippen LogP contribution in [0.5, 0.6) is 0 Å². The minimum absolute atomic E-state index is 0.0888. The number of nitrogens with one attached hydrogen (secondary N) is 1. The number of hydrogen-bond donors (Lipinski definition) is 2. The van der Waals surface area contributed by atoms with Crippen LogP contribution in [-0.2, 0) is 37.8 Å². The van der Waals surface area contributed by atoms with Gasteiger partial charge in [0.1, 0.15) is 17.3 Å². The number of aliphatic hydroxyl groups excluding tert-OH is 1. The molecule has 254 valence electrons. The van der Waals surface area contributed by atoms with E-state index < -0.39 is 0 Å². The van der Waals surface area contributed by atoms with E-state index in [4.69, 9.17) is 4.74 Å². The predicted molar refractivity (Wildman–Crippen MR) is 189 cm³/mol. The van der Waals surface area contributed by atoms with Gasteiger partial charge >= 0.3 is 0 Å². The number of carbonyl (C=O) groups is 1. The standard InChI is InChI=1S/C37H42N8O4/c1-3-25-20-42(28-22-49-23-28)14-15-43(25)27-7-8-34(39-18-27)40-32-16-24(19-41(2)37(32)48)29-9-11-38-35(31(29)21-46)45-13-10-33-30(36(45)47)17-26-6-4-5-12-44(26)33/h3,7-9,11,16-19,25,28,46H,1,4-6,10,12-15,20-23H2,2H3,(H,39,40)/t25-/m0/s1. The quantitative estimate of drug-likeness (QED) is 0.273. The second-order valence-electron chi connectivity index (χ2n) is 13.4. The van der Waals surface area contributed by atoms with Crippen molar-refractivity contribution in [2.45, 2.75) is 50.9 Å². The number of rotatable bonds is 8. The molecule has 0 bridgehead atoms. The van der Waals surface area contributed by atoms with Crippen LogP contribution < -0.4 is 20.7 Å². The molecule has 0 radical (unpaired) electrons. The number of pyridine rings is 3. The first-order chi connectivity index (χ1) is 23.9. The molecule has 12 heteroatoms. The van der Waals surface area contributed by atoms with Crippen LogP contribution in [0.2, 0.25) is 0 Å². The molecule has 2 saturated heterocycles. The Balaban J connectivity index is 1.04. The highest BCUT2D eigenvalue weighted by molar-refractivity contribution is 6.08. The molecule has 1 amide bonds. The topological polar surface area (TPSA) is 121 Å². The van der Waals surface area contributed by atoms with Crippen molar-refractivity contribution in [2.24, 2.45) is 7.05 Å². The van der Waals surface area contributed by atoms with Gasteiger partial charge in [0, 0.05) is 81.1 Å². The van der Waals surface area contributed by atoms with E-state index in [1.54, 1.807) is 30.4 Å². The van der Waals surface area contributed by atoms with Crippen molar-refractivity contribution in [1.29, 1.82) is 0 Å². The molecule has 49 heavy (non-hydrogen) atoms. The van der Waals surface area contributed by atoms with Crippen molar-refractivity contribution in [2.75, 3.05) is 54.5 Å². The van der Waals surface area contributed by atoms with Gasteiger partial charge in [-0.2, -0.15) is 0 Å². The molecule has 4 aliphatic rings. The van der Waals surface area contributed by atoms with Gasteiger partial charge in [-0.05, 0) is 55.2 Å². The second-order valence-corrected chi connectivity index (χ2v) is 13.4. The zero-order valence-electron chi connectivity index (χ0n) is 27.8. The highest BCUT2D eigenvalue weighted by atomic mass is 16.5. The number of piperazine rings is 1. The smallest absolute Gasteiger partial charge is 0.274 e. The molecule has 1 atom stereocenters. The number of ether oxygens (including phenoxy) is 1. The van der Waals surface area contributed by atoms with Crippen LogP contribution in [0, 0.1) is 0 Å². The molecule has 4 aromatic rings. The van der Waals surface area contributed by atoms with E-state index in [1.807, 2.05) is 36.5 Å². The van der Waals surface area contributed by atoms with Crippen LogP contribution in [0.15, 0.2) is 66.4 Å². The van der Waals surface area contributed by atoms with Gasteiger partial charge < -0.3 is 29.2 Å². The van der Waals surface area contributed by atoms with E-state index in [1.165, 1.54) is 10.3 Å². The zero-order chi connectivity index (χ0) is 33.6. The van der Waals surface area contributed by atoms with E-state index >= 15 is 0 Å². The van der Waals surface area contributed by atoms with Gasteiger partial charge in [0.2, 0.25) is 0 Å². The van der Waals surface area contributed by atoms with Crippen molar-refractivity contribution >= 4 is 28.9 Å². The van der Waals surface area contributed by atoms with Crippen LogP contribution in [-0.4, -0.2) is 86.5 Å². The molecular weight excluding hydrogens is 620 g/mol. The van der Waals surface area contributed by atoms with Crippen LogP contribution in [0.1, 0.15) is 40.2 Å². The highest BCUT2D eigenvalue weighted by Crippen LogP contribution is 2.35. The van der Waals surface area contributed by atoms with E-state index in [0.717, 1.165) is 82.0 Å². The maximum atomic E-state index is 13.8. The van der Waals surface area contributed by atoms with Gasteiger partial charge in [0.15, 0.2) is 0 Å². The van der Waals surface area contributed by atoms with Gasteiger partial charge in [0.05, 0.1) is 49.4 Å². The van der Waals surface area contributed by atoms with Crippen molar-refractivity contribution < 1.29 is 14.6 Å². The average Bonchev–Trinajstić information content (AvgIpc) is 3.49. The fourth-order valence-electron chi connectivity index (χ4n) is 7.81. The van der Waals surface area contributed by atoms with Crippen LogP contribution in [0.4, 0.5) is 23.0 Å². The summed E-state index contributed by atoms with van der Waals surface area (Å²) in [6.07, 6.45) is 11.2. The molecule has 0 saturated carbocycles. The largest absolute Gasteiger partial charge is 0.392 e. The third-order valence-corrected chi connectivity index (χ3v) is 10.5. The summed E-state index contributed by atoms with van der Waals surface area (Å²) >= 11 is 0. The van der Waals surface area contributed by atoms with Crippen molar-refractivity contribution in [1.82, 2.24) is 24.0 Å². The Bertz CT molecular complexity index is 1960. The maximum Gasteiger partial charge on any atom is 0.274 e. The minimum atomic E-state index is -0.315. The minimum Gasteiger partial charge on any atom is -0.392 e. The fraction of sp³-hybridized carbons (Fsp3) is 0.405. The van der Waals surface area contributed by atoms with Crippen LogP contribution in [0.3, 0.4) is 0 Å². The Labute approximate surface area is 285 Å². The zero-order valence-corrected chi connectivity index (χ0v) is 27.8. The van der Waals surface area contributed by atoms with Crippen LogP contribution in [0.25, 0.3) is 11.1 Å². The summed E-state index contributed by atoms with van der Waals surface area (Å²) in [6.45, 7) is 9.52. The Morgan fingerprint density at radius 2 is 1.92 bits per heavy atom. The van der Waals surface area contributed by atoms with Gasteiger partial charge in [-0.3, -0.25) is 19.4 Å². The maximum absolute atomic E-state index is 13.8. The molecule has 4 aromatic heterocycles. The number of hydrogen-bond acceptors (Lipinski definition) is 9. The van der Waals surface area contributed by atoms with Crippen molar-refractivity contribution in [3.63, 3.8) is 0 Å². The van der Waals surface area contributed by atoms with E-state index in [0.29, 0.717) is 46.6 Å². The monoisotopic (exact) mass is 662 g/mol. The Kier molecular flexibility index (Phi) is 8.30. The lowest BCUT2D eigenvalue weighted by Gasteiger charge is -2.46. The van der Waals surface area contributed by atoms with Crippen molar-refractivity contribution in [3.05, 3.63) is 94.4 Å². The molecule has 4 aliphatic heterocycles. The third kappa shape index (κ3) is 5.63.